The number of amidine groups is 1. The largest absolute Gasteiger partial charge is 0.326 e. The molecule has 122 valence electrons. The summed E-state index contributed by atoms with van der Waals surface area (Å²) in [4.78, 5) is 28.4. The Hall–Kier alpha value is -2.31. The van der Waals surface area contributed by atoms with E-state index in [1.165, 1.54) is 11.8 Å². The number of amides is 2. The summed E-state index contributed by atoms with van der Waals surface area (Å²) in [5.74, 6) is -0.438. The third kappa shape index (κ3) is 4.37. The van der Waals surface area contributed by atoms with Gasteiger partial charge in [-0.15, -0.1) is 0 Å². The number of thioether (sulfide) groups is 1. The number of rotatable bonds is 4. The lowest BCUT2D eigenvalue weighted by Crippen LogP contribution is -2.28. The Morgan fingerprint density at radius 2 is 1.88 bits per heavy atom. The van der Waals surface area contributed by atoms with Gasteiger partial charge in [-0.2, -0.15) is 0 Å². The Morgan fingerprint density at radius 3 is 2.58 bits per heavy atom. The highest BCUT2D eigenvalue weighted by atomic mass is 35.5. The maximum absolute atomic E-state index is 12.1. The van der Waals surface area contributed by atoms with Crippen molar-refractivity contribution in [2.45, 2.75) is 11.7 Å². The van der Waals surface area contributed by atoms with Gasteiger partial charge in [0.25, 0.3) is 0 Å². The molecule has 0 saturated carbocycles. The smallest absolute Gasteiger partial charge is 0.240 e. The molecule has 1 fully saturated rings. The van der Waals surface area contributed by atoms with Crippen LogP contribution in [-0.2, 0) is 9.59 Å². The number of para-hydroxylation sites is 1. The van der Waals surface area contributed by atoms with E-state index >= 15 is 0 Å². The summed E-state index contributed by atoms with van der Waals surface area (Å²) in [6.45, 7) is 0. The molecule has 0 bridgehead atoms. The fourth-order valence-electron chi connectivity index (χ4n) is 2.13. The van der Waals surface area contributed by atoms with Gasteiger partial charge in [-0.1, -0.05) is 41.6 Å². The van der Waals surface area contributed by atoms with E-state index in [1.54, 1.807) is 24.3 Å². The molecule has 0 radical (unpaired) electrons. The zero-order valence-electron chi connectivity index (χ0n) is 12.5. The molecule has 24 heavy (non-hydrogen) atoms. The topological polar surface area (TPSA) is 70.6 Å². The van der Waals surface area contributed by atoms with E-state index in [4.69, 9.17) is 11.6 Å². The number of nitrogens with zero attached hydrogens (tertiary/aromatic N) is 1. The molecular weight excluding hydrogens is 346 g/mol. The molecule has 0 aromatic heterocycles. The van der Waals surface area contributed by atoms with Gasteiger partial charge in [0, 0.05) is 17.1 Å². The van der Waals surface area contributed by atoms with Crippen molar-refractivity contribution in [1.82, 2.24) is 5.32 Å². The number of hydrogen-bond acceptors (Lipinski definition) is 4. The predicted octanol–water partition coefficient (Wildman–Crippen LogP) is 3.59. The second kappa shape index (κ2) is 7.51. The van der Waals surface area contributed by atoms with Crippen LogP contribution < -0.4 is 10.6 Å². The zero-order chi connectivity index (χ0) is 16.9. The normalized spacial score (nSPS) is 18.5. The van der Waals surface area contributed by atoms with E-state index in [0.29, 0.717) is 15.9 Å². The number of halogens is 1. The zero-order valence-corrected chi connectivity index (χ0v) is 14.1. The maximum atomic E-state index is 12.1. The molecule has 0 aliphatic carbocycles. The van der Waals surface area contributed by atoms with E-state index < -0.39 is 5.25 Å². The van der Waals surface area contributed by atoms with Gasteiger partial charge in [-0.05, 0) is 36.4 Å². The molecule has 1 saturated heterocycles. The summed E-state index contributed by atoms with van der Waals surface area (Å²) in [6.07, 6.45) is 0.0763. The van der Waals surface area contributed by atoms with Crippen LogP contribution in [0.25, 0.3) is 0 Å². The predicted molar refractivity (Wildman–Crippen MR) is 97.8 cm³/mol. The van der Waals surface area contributed by atoms with Gasteiger partial charge in [0.05, 0.1) is 5.69 Å². The van der Waals surface area contributed by atoms with Crippen LogP contribution in [0.5, 0.6) is 0 Å². The fourth-order valence-corrected chi connectivity index (χ4v) is 3.24. The molecule has 2 aromatic rings. The second-order valence-corrected chi connectivity index (χ2v) is 6.74. The van der Waals surface area contributed by atoms with Crippen LogP contribution in [0.2, 0.25) is 5.02 Å². The molecule has 1 atom stereocenters. The standard InChI is InChI=1S/C17H14ClN3O2S/c18-11-6-8-13(9-7-11)19-15(22)10-14-16(23)21-17(24-14)20-12-4-2-1-3-5-12/h1-9,14H,10H2,(H,19,22)(H,20,21,23)/t14-/m0/s1. The van der Waals surface area contributed by atoms with Crippen molar-refractivity contribution in [3.63, 3.8) is 0 Å². The Kier molecular flexibility index (Phi) is 5.17. The number of anilines is 1. The van der Waals surface area contributed by atoms with Crippen LogP contribution >= 0.6 is 23.4 Å². The number of benzene rings is 2. The molecule has 3 rings (SSSR count). The lowest BCUT2D eigenvalue weighted by Gasteiger charge is -2.07. The highest BCUT2D eigenvalue weighted by Crippen LogP contribution is 2.25. The Balaban J connectivity index is 1.59. The molecule has 1 aliphatic rings. The van der Waals surface area contributed by atoms with Crippen LogP contribution in [0, 0.1) is 0 Å². The molecule has 1 heterocycles. The van der Waals surface area contributed by atoms with Gasteiger partial charge in [0.2, 0.25) is 11.8 Å². The van der Waals surface area contributed by atoms with Gasteiger partial charge in [0.15, 0.2) is 5.17 Å². The molecule has 1 aliphatic heterocycles. The summed E-state index contributed by atoms with van der Waals surface area (Å²) in [5.41, 5.74) is 1.40. The van der Waals surface area contributed by atoms with Crippen LogP contribution in [0.3, 0.4) is 0 Å². The van der Waals surface area contributed by atoms with E-state index in [-0.39, 0.29) is 18.2 Å². The van der Waals surface area contributed by atoms with Gasteiger partial charge in [-0.25, -0.2) is 4.99 Å². The Bertz CT molecular complexity index is 778. The van der Waals surface area contributed by atoms with E-state index in [1.807, 2.05) is 30.3 Å². The third-order valence-corrected chi connectivity index (χ3v) is 4.60. The van der Waals surface area contributed by atoms with Gasteiger partial charge >= 0.3 is 0 Å². The van der Waals surface area contributed by atoms with Gasteiger partial charge in [0.1, 0.15) is 5.25 Å². The SMILES string of the molecule is O=C(C[C@@H]1SC(=Nc2ccccc2)NC1=O)Nc1ccc(Cl)cc1. The molecule has 7 heteroatoms. The minimum Gasteiger partial charge on any atom is -0.326 e. The minimum atomic E-state index is -0.486. The van der Waals surface area contributed by atoms with Crippen molar-refractivity contribution >= 4 is 51.7 Å². The van der Waals surface area contributed by atoms with Crippen molar-refractivity contribution in [3.05, 3.63) is 59.6 Å². The molecule has 2 aromatic carbocycles. The monoisotopic (exact) mass is 359 g/mol. The highest BCUT2D eigenvalue weighted by molar-refractivity contribution is 8.15. The average molecular weight is 360 g/mol. The van der Waals surface area contributed by atoms with Crippen molar-refractivity contribution in [2.75, 3.05) is 5.32 Å². The third-order valence-electron chi connectivity index (χ3n) is 3.26. The first-order valence-electron chi connectivity index (χ1n) is 7.27. The summed E-state index contributed by atoms with van der Waals surface area (Å²) in [7, 11) is 0. The molecule has 0 unspecified atom stereocenters. The van der Waals surface area contributed by atoms with Crippen molar-refractivity contribution in [3.8, 4) is 0 Å². The molecule has 0 spiro atoms. The maximum Gasteiger partial charge on any atom is 0.240 e. The molecule has 2 N–H and O–H groups in total. The van der Waals surface area contributed by atoms with Crippen LogP contribution in [0.4, 0.5) is 11.4 Å². The van der Waals surface area contributed by atoms with Crippen LogP contribution in [0.1, 0.15) is 6.42 Å². The number of nitrogens with one attached hydrogen (secondary N) is 2. The molecular formula is C17H14ClN3O2S. The number of carbonyl (C=O) groups is 2. The van der Waals surface area contributed by atoms with E-state index in [0.717, 1.165) is 5.69 Å². The van der Waals surface area contributed by atoms with Gasteiger partial charge in [-0.3, -0.25) is 9.59 Å². The quantitative estimate of drug-likeness (QED) is 0.876. The summed E-state index contributed by atoms with van der Waals surface area (Å²) in [6, 6.07) is 16.1. The number of aliphatic imine (C=N–C) groups is 1. The summed E-state index contributed by atoms with van der Waals surface area (Å²) >= 11 is 7.07. The molecule has 2 amide bonds. The van der Waals surface area contributed by atoms with Gasteiger partial charge < -0.3 is 10.6 Å². The van der Waals surface area contributed by atoms with E-state index in [9.17, 15) is 9.59 Å². The first-order chi connectivity index (χ1) is 11.6. The first kappa shape index (κ1) is 16.5. The number of hydrogen-bond donors (Lipinski definition) is 2. The first-order valence-corrected chi connectivity index (χ1v) is 8.52. The fraction of sp³-hybridized carbons (Fsp3) is 0.118. The second-order valence-electron chi connectivity index (χ2n) is 5.11. The summed E-state index contributed by atoms with van der Waals surface area (Å²) < 4.78 is 0. The van der Waals surface area contributed by atoms with Crippen molar-refractivity contribution in [2.24, 2.45) is 4.99 Å². The van der Waals surface area contributed by atoms with Crippen molar-refractivity contribution < 1.29 is 9.59 Å². The highest BCUT2D eigenvalue weighted by Gasteiger charge is 2.32. The Labute approximate surface area is 148 Å². The number of carbonyl (C=O) groups excluding carboxylic acids is 2. The van der Waals surface area contributed by atoms with Crippen LogP contribution in [-0.4, -0.2) is 22.2 Å². The lowest BCUT2D eigenvalue weighted by atomic mass is 10.2. The van der Waals surface area contributed by atoms with E-state index in [2.05, 4.69) is 15.6 Å². The minimum absolute atomic E-state index is 0.0763. The average Bonchev–Trinajstić information content (AvgIpc) is 2.90. The summed E-state index contributed by atoms with van der Waals surface area (Å²) in [5, 5.41) is 6.08. The van der Waals surface area contributed by atoms with Crippen LogP contribution in [0.15, 0.2) is 59.6 Å². The Morgan fingerprint density at radius 1 is 1.17 bits per heavy atom. The lowest BCUT2D eigenvalue weighted by molar-refractivity contribution is -0.122. The van der Waals surface area contributed by atoms with Crippen molar-refractivity contribution in [1.29, 1.82) is 0 Å². The molecule has 5 nitrogen and oxygen atoms in total.